The van der Waals surface area contributed by atoms with Crippen molar-refractivity contribution in [3.05, 3.63) is 106 Å². The number of hydrogen-bond acceptors (Lipinski definition) is 5. The predicted octanol–water partition coefficient (Wildman–Crippen LogP) is 6.15. The SMILES string of the molecule is N#Cc1cccc(-n2nc(C(F)(F)F)cc2C(=O)Nc2cc(C(NCC3CC3)c3cccnc3)ccc2Cl)c1. The van der Waals surface area contributed by atoms with E-state index in [1.807, 2.05) is 24.3 Å². The van der Waals surface area contributed by atoms with Gasteiger partial charge in [-0.05, 0) is 72.8 Å². The molecular weight excluding hydrogens is 529 g/mol. The van der Waals surface area contributed by atoms with Gasteiger partial charge in [0.2, 0.25) is 0 Å². The molecule has 0 aliphatic heterocycles. The molecule has 4 aromatic rings. The number of anilines is 1. The van der Waals surface area contributed by atoms with Crippen LogP contribution in [0.3, 0.4) is 0 Å². The third-order valence-corrected chi connectivity index (χ3v) is 6.68. The van der Waals surface area contributed by atoms with E-state index in [1.54, 1.807) is 24.5 Å². The van der Waals surface area contributed by atoms with Crippen LogP contribution in [-0.2, 0) is 6.18 Å². The van der Waals surface area contributed by atoms with Crippen LogP contribution in [0.25, 0.3) is 5.69 Å². The topological polar surface area (TPSA) is 95.6 Å². The van der Waals surface area contributed by atoms with E-state index in [9.17, 15) is 23.2 Å². The Morgan fingerprint density at radius 3 is 2.64 bits per heavy atom. The normalized spacial score (nSPS) is 14.0. The van der Waals surface area contributed by atoms with Gasteiger partial charge in [0.05, 0.1) is 34.1 Å². The number of hydrogen-bond donors (Lipinski definition) is 2. The summed E-state index contributed by atoms with van der Waals surface area (Å²) in [7, 11) is 0. The summed E-state index contributed by atoms with van der Waals surface area (Å²) < 4.78 is 41.5. The molecule has 198 valence electrons. The first-order valence-corrected chi connectivity index (χ1v) is 12.5. The first kappa shape index (κ1) is 26.4. The zero-order valence-corrected chi connectivity index (χ0v) is 21.2. The van der Waals surface area contributed by atoms with Crippen LogP contribution in [0.2, 0.25) is 5.02 Å². The Hall–Kier alpha value is -4.20. The highest BCUT2D eigenvalue weighted by atomic mass is 35.5. The molecule has 1 atom stereocenters. The van der Waals surface area contributed by atoms with Gasteiger partial charge in [0.1, 0.15) is 5.69 Å². The van der Waals surface area contributed by atoms with Crippen molar-refractivity contribution in [3.8, 4) is 11.8 Å². The standard InChI is InChI=1S/C28H22ClF3N6O/c29-22-9-8-19(26(35-15-17-6-7-17)20-4-2-10-34-16-20)12-23(22)36-27(39)24-13-25(28(30,31)32)37-38(24)21-5-1-3-18(11-21)14-33/h1-5,8-13,16-17,26,35H,6-7,15H2,(H,36,39). The molecule has 0 bridgehead atoms. The van der Waals surface area contributed by atoms with Crippen molar-refractivity contribution in [1.29, 1.82) is 5.26 Å². The van der Waals surface area contributed by atoms with Gasteiger partial charge in [-0.15, -0.1) is 0 Å². The average Bonchev–Trinajstić information content (AvgIpc) is 3.64. The summed E-state index contributed by atoms with van der Waals surface area (Å²) in [6.45, 7) is 0.811. The number of benzene rings is 2. The lowest BCUT2D eigenvalue weighted by atomic mass is 9.99. The molecule has 5 rings (SSSR count). The van der Waals surface area contributed by atoms with Crippen LogP contribution in [0.1, 0.15) is 51.8 Å². The summed E-state index contributed by atoms with van der Waals surface area (Å²) >= 11 is 6.40. The lowest BCUT2D eigenvalue weighted by Gasteiger charge is -2.21. The third kappa shape index (κ3) is 6.11. The molecule has 0 spiro atoms. The summed E-state index contributed by atoms with van der Waals surface area (Å²) in [5.41, 5.74) is 0.686. The second-order valence-electron chi connectivity index (χ2n) is 9.25. The Balaban J connectivity index is 1.49. The van der Waals surface area contributed by atoms with E-state index in [2.05, 4.69) is 20.7 Å². The quantitative estimate of drug-likeness (QED) is 0.274. The molecule has 1 saturated carbocycles. The van der Waals surface area contributed by atoms with Crippen LogP contribution in [-0.4, -0.2) is 27.2 Å². The molecule has 1 aliphatic rings. The number of carbonyl (C=O) groups excluding carboxylic acids is 1. The van der Waals surface area contributed by atoms with Crippen LogP contribution in [0, 0.1) is 17.2 Å². The van der Waals surface area contributed by atoms with Gasteiger partial charge >= 0.3 is 6.18 Å². The molecule has 11 heteroatoms. The molecule has 0 saturated heterocycles. The van der Waals surface area contributed by atoms with Gasteiger partial charge in [0.15, 0.2) is 5.69 Å². The fraction of sp³-hybridized carbons (Fsp3) is 0.214. The predicted molar refractivity (Wildman–Crippen MR) is 139 cm³/mol. The van der Waals surface area contributed by atoms with E-state index < -0.39 is 17.8 Å². The zero-order chi connectivity index (χ0) is 27.6. The molecule has 0 radical (unpaired) electrons. The molecular formula is C28H22ClF3N6O. The van der Waals surface area contributed by atoms with E-state index in [-0.39, 0.29) is 33.7 Å². The van der Waals surface area contributed by atoms with Gasteiger partial charge in [-0.1, -0.05) is 29.8 Å². The minimum atomic E-state index is -4.78. The molecule has 2 heterocycles. The van der Waals surface area contributed by atoms with Crippen LogP contribution in [0.15, 0.2) is 73.1 Å². The maximum Gasteiger partial charge on any atom is 0.435 e. The number of nitriles is 1. The molecule has 1 fully saturated rings. The Bertz CT molecular complexity index is 1540. The van der Waals surface area contributed by atoms with Crippen LogP contribution in [0.5, 0.6) is 0 Å². The molecule has 2 aromatic carbocycles. The van der Waals surface area contributed by atoms with Crippen molar-refractivity contribution in [1.82, 2.24) is 20.1 Å². The summed E-state index contributed by atoms with van der Waals surface area (Å²) in [5.74, 6) is -0.235. The van der Waals surface area contributed by atoms with Gasteiger partial charge in [0, 0.05) is 18.5 Å². The molecule has 7 nitrogen and oxygen atoms in total. The Morgan fingerprint density at radius 2 is 1.95 bits per heavy atom. The van der Waals surface area contributed by atoms with Gasteiger partial charge < -0.3 is 10.6 Å². The van der Waals surface area contributed by atoms with Crippen LogP contribution >= 0.6 is 11.6 Å². The lowest BCUT2D eigenvalue weighted by molar-refractivity contribution is -0.141. The fourth-order valence-corrected chi connectivity index (χ4v) is 4.34. The van der Waals surface area contributed by atoms with Gasteiger partial charge in [-0.3, -0.25) is 9.78 Å². The van der Waals surface area contributed by atoms with Crippen molar-refractivity contribution >= 4 is 23.2 Å². The summed E-state index contributed by atoms with van der Waals surface area (Å²) in [5, 5.41) is 19.2. The average molecular weight is 551 g/mol. The lowest BCUT2D eigenvalue weighted by Crippen LogP contribution is -2.25. The highest BCUT2D eigenvalue weighted by Crippen LogP contribution is 2.33. The summed E-state index contributed by atoms with van der Waals surface area (Å²) in [6, 6.07) is 17.1. The van der Waals surface area contributed by atoms with Crippen molar-refractivity contribution in [2.24, 2.45) is 5.92 Å². The largest absolute Gasteiger partial charge is 0.435 e. The monoisotopic (exact) mass is 550 g/mol. The number of carbonyl (C=O) groups is 1. The zero-order valence-electron chi connectivity index (χ0n) is 20.4. The molecule has 1 amide bonds. The Labute approximate surface area is 227 Å². The minimum absolute atomic E-state index is 0.135. The Kier molecular flexibility index (Phi) is 7.37. The second kappa shape index (κ2) is 10.9. The first-order chi connectivity index (χ1) is 18.7. The maximum absolute atomic E-state index is 13.5. The van der Waals surface area contributed by atoms with Crippen LogP contribution in [0.4, 0.5) is 18.9 Å². The summed E-state index contributed by atoms with van der Waals surface area (Å²) in [6.07, 6.45) is 0.984. The smallest absolute Gasteiger partial charge is 0.319 e. The summed E-state index contributed by atoms with van der Waals surface area (Å²) in [4.78, 5) is 17.6. The number of pyridine rings is 1. The molecule has 1 aliphatic carbocycles. The van der Waals surface area contributed by atoms with E-state index in [0.29, 0.717) is 12.0 Å². The number of alkyl halides is 3. The molecule has 2 N–H and O–H groups in total. The van der Waals surface area contributed by atoms with Gasteiger partial charge in [0.25, 0.3) is 5.91 Å². The molecule has 1 unspecified atom stereocenters. The van der Waals surface area contributed by atoms with Crippen molar-refractivity contribution in [3.63, 3.8) is 0 Å². The van der Waals surface area contributed by atoms with E-state index in [1.165, 1.54) is 37.1 Å². The van der Waals surface area contributed by atoms with Crippen molar-refractivity contribution < 1.29 is 18.0 Å². The van der Waals surface area contributed by atoms with Gasteiger partial charge in [-0.25, -0.2) is 4.68 Å². The van der Waals surface area contributed by atoms with E-state index in [0.717, 1.165) is 22.4 Å². The first-order valence-electron chi connectivity index (χ1n) is 12.1. The third-order valence-electron chi connectivity index (χ3n) is 6.35. The number of nitrogens with zero attached hydrogens (tertiary/aromatic N) is 4. The second-order valence-corrected chi connectivity index (χ2v) is 9.66. The van der Waals surface area contributed by atoms with Gasteiger partial charge in [-0.2, -0.15) is 23.5 Å². The Morgan fingerprint density at radius 1 is 1.13 bits per heavy atom. The van der Waals surface area contributed by atoms with E-state index >= 15 is 0 Å². The highest BCUT2D eigenvalue weighted by Gasteiger charge is 2.36. The van der Waals surface area contributed by atoms with Crippen molar-refractivity contribution in [2.75, 3.05) is 11.9 Å². The highest BCUT2D eigenvalue weighted by molar-refractivity contribution is 6.34. The number of halogens is 4. The molecule has 39 heavy (non-hydrogen) atoms. The van der Waals surface area contributed by atoms with E-state index in [4.69, 9.17) is 11.6 Å². The number of aromatic nitrogens is 3. The number of rotatable bonds is 8. The number of amides is 1. The number of nitrogens with one attached hydrogen (secondary N) is 2. The fourth-order valence-electron chi connectivity index (χ4n) is 4.17. The maximum atomic E-state index is 13.5. The molecule has 2 aromatic heterocycles. The van der Waals surface area contributed by atoms with Crippen LogP contribution < -0.4 is 10.6 Å². The minimum Gasteiger partial charge on any atom is -0.319 e. The van der Waals surface area contributed by atoms with Crippen molar-refractivity contribution in [2.45, 2.75) is 25.1 Å².